The van der Waals surface area contributed by atoms with Crippen molar-refractivity contribution in [1.82, 2.24) is 4.90 Å². The van der Waals surface area contributed by atoms with Crippen LogP contribution in [0.15, 0.2) is 72.8 Å². The summed E-state index contributed by atoms with van der Waals surface area (Å²) in [5, 5.41) is 9.07. The van der Waals surface area contributed by atoms with Crippen LogP contribution in [0.1, 0.15) is 29.2 Å². The van der Waals surface area contributed by atoms with E-state index in [4.69, 9.17) is 19.3 Å². The maximum atomic E-state index is 13.6. The third-order valence-electron chi connectivity index (χ3n) is 6.33. The number of aliphatic carboxylic acids is 1. The molecular formula is C32H32FNO5. The normalized spacial score (nSPS) is 14.7. The monoisotopic (exact) mass is 529 g/mol. The molecule has 0 amide bonds. The average molecular weight is 530 g/mol. The summed E-state index contributed by atoms with van der Waals surface area (Å²) in [6, 6.07) is 19.6. The van der Waals surface area contributed by atoms with E-state index in [1.807, 2.05) is 37.3 Å². The number of hydrogen-bond donors (Lipinski definition) is 1. The summed E-state index contributed by atoms with van der Waals surface area (Å²) in [7, 11) is 0. The number of aryl methyl sites for hydroxylation is 1. The maximum absolute atomic E-state index is 13.6. The molecule has 1 unspecified atom stereocenters. The van der Waals surface area contributed by atoms with Gasteiger partial charge in [0, 0.05) is 18.7 Å². The van der Waals surface area contributed by atoms with Gasteiger partial charge in [-0.05, 0) is 84.7 Å². The molecule has 3 aromatic carbocycles. The number of ether oxygens (including phenoxy) is 3. The quantitative estimate of drug-likeness (QED) is 0.386. The van der Waals surface area contributed by atoms with E-state index in [0.29, 0.717) is 18.0 Å². The van der Waals surface area contributed by atoms with E-state index in [2.05, 4.69) is 16.7 Å². The summed E-state index contributed by atoms with van der Waals surface area (Å²) in [6.45, 7) is 7.63. The molecule has 0 aliphatic carbocycles. The highest BCUT2D eigenvalue weighted by Gasteiger charge is 2.14. The summed E-state index contributed by atoms with van der Waals surface area (Å²) in [4.78, 5) is 13.4. The van der Waals surface area contributed by atoms with Crippen LogP contribution in [0, 0.1) is 24.6 Å². The number of halogens is 1. The average Bonchev–Trinajstić information content (AvgIpc) is 2.94. The lowest BCUT2D eigenvalue weighted by Gasteiger charge is -2.24. The van der Waals surface area contributed by atoms with Gasteiger partial charge in [-0.25, -0.2) is 9.18 Å². The molecule has 1 heterocycles. The number of morpholine rings is 1. The summed E-state index contributed by atoms with van der Waals surface area (Å²) < 4.78 is 30.4. The van der Waals surface area contributed by atoms with Crippen molar-refractivity contribution in [3.8, 4) is 23.3 Å². The number of nitrogens with zero attached hydrogens (tertiary/aromatic N) is 1. The second-order valence-electron chi connectivity index (χ2n) is 9.23. The largest absolute Gasteiger partial charge is 0.489 e. The van der Waals surface area contributed by atoms with E-state index in [1.165, 1.54) is 19.1 Å². The molecule has 1 N–H and O–H groups in total. The van der Waals surface area contributed by atoms with Crippen LogP contribution in [-0.4, -0.2) is 61.5 Å². The lowest BCUT2D eigenvalue weighted by atomic mass is 9.96. The van der Waals surface area contributed by atoms with Crippen LogP contribution >= 0.6 is 0 Å². The predicted molar refractivity (Wildman–Crippen MR) is 148 cm³/mol. The van der Waals surface area contributed by atoms with E-state index in [1.54, 1.807) is 30.3 Å². The smallest absolute Gasteiger partial charge is 0.344 e. The maximum Gasteiger partial charge on any atom is 0.344 e. The molecule has 1 atom stereocenters. The van der Waals surface area contributed by atoms with Crippen molar-refractivity contribution in [3.63, 3.8) is 0 Å². The minimum absolute atomic E-state index is 0.277. The van der Waals surface area contributed by atoms with Crippen LogP contribution in [0.3, 0.4) is 0 Å². The molecule has 6 nitrogen and oxygen atoms in total. The van der Waals surface area contributed by atoms with E-state index in [0.717, 1.165) is 54.1 Å². The minimum atomic E-state index is -1.03. The Morgan fingerprint density at radius 2 is 1.74 bits per heavy atom. The Balaban J connectivity index is 1.46. The summed E-state index contributed by atoms with van der Waals surface area (Å²) in [5.41, 5.74) is 4.44. The summed E-state index contributed by atoms with van der Waals surface area (Å²) in [6.07, 6.45) is 1.01. The molecule has 0 saturated carbocycles. The first-order valence-electron chi connectivity index (χ1n) is 12.9. The van der Waals surface area contributed by atoms with Gasteiger partial charge in [-0.15, -0.1) is 0 Å². The van der Waals surface area contributed by atoms with Crippen LogP contribution in [0.2, 0.25) is 0 Å². The first kappa shape index (κ1) is 27.9. The topological polar surface area (TPSA) is 68.2 Å². The van der Waals surface area contributed by atoms with Crippen LogP contribution < -0.4 is 9.47 Å². The van der Waals surface area contributed by atoms with Crippen LogP contribution in [0.25, 0.3) is 5.57 Å². The zero-order valence-corrected chi connectivity index (χ0v) is 22.2. The number of carboxylic acids is 1. The Morgan fingerprint density at radius 1 is 1.08 bits per heavy atom. The predicted octanol–water partition coefficient (Wildman–Crippen LogP) is 5.18. The highest BCUT2D eigenvalue weighted by Crippen LogP contribution is 2.26. The van der Waals surface area contributed by atoms with Gasteiger partial charge in [0.2, 0.25) is 0 Å². The number of carbonyl (C=O) groups is 1. The van der Waals surface area contributed by atoms with Gasteiger partial charge in [0.15, 0.2) is 6.10 Å². The van der Waals surface area contributed by atoms with Gasteiger partial charge >= 0.3 is 5.97 Å². The van der Waals surface area contributed by atoms with Crippen molar-refractivity contribution in [1.29, 1.82) is 0 Å². The number of rotatable bonds is 9. The Kier molecular flexibility index (Phi) is 9.74. The SMILES string of the molecule is Cc1cc(OC/C=C(/c2ccc(F)cc2)c2ccc(C#CCN3CCOCC3)cc2)ccc1OC(C)C(=O)O. The van der Waals surface area contributed by atoms with E-state index < -0.39 is 12.1 Å². The highest BCUT2D eigenvalue weighted by atomic mass is 19.1. The molecule has 0 aromatic heterocycles. The van der Waals surface area contributed by atoms with Gasteiger partial charge in [0.1, 0.15) is 23.9 Å². The van der Waals surface area contributed by atoms with Gasteiger partial charge in [0.25, 0.3) is 0 Å². The van der Waals surface area contributed by atoms with Gasteiger partial charge in [-0.2, -0.15) is 0 Å². The standard InChI is InChI=1S/C32H32FNO5/c1-23-22-29(13-14-31(23)39-24(2)32(35)36)38-19-15-30(27-9-11-28(33)12-10-27)26-7-5-25(6-8-26)4-3-16-34-17-20-37-21-18-34/h5-15,22,24H,16-21H2,1-2H3,(H,35,36)/b30-15+. The van der Waals surface area contributed by atoms with Crippen molar-refractivity contribution in [2.75, 3.05) is 39.5 Å². The molecule has 1 saturated heterocycles. The number of carboxylic acid groups (broad SMARTS) is 1. The van der Waals surface area contributed by atoms with Crippen LogP contribution in [0.5, 0.6) is 11.5 Å². The van der Waals surface area contributed by atoms with E-state index in [9.17, 15) is 9.18 Å². The molecule has 4 rings (SSSR count). The molecule has 202 valence electrons. The van der Waals surface area contributed by atoms with Crippen molar-refractivity contribution in [3.05, 3.63) is 101 Å². The van der Waals surface area contributed by atoms with Gasteiger partial charge in [-0.3, -0.25) is 4.90 Å². The summed E-state index contributed by atoms with van der Waals surface area (Å²) in [5.74, 6) is 6.27. The van der Waals surface area contributed by atoms with E-state index >= 15 is 0 Å². The fourth-order valence-electron chi connectivity index (χ4n) is 4.08. The number of benzene rings is 3. The molecule has 1 aliphatic heterocycles. The fraction of sp³-hybridized carbons (Fsp3) is 0.281. The molecule has 0 bridgehead atoms. The molecule has 3 aromatic rings. The Bertz CT molecular complexity index is 1350. The van der Waals surface area contributed by atoms with Crippen LogP contribution in [0.4, 0.5) is 4.39 Å². The minimum Gasteiger partial charge on any atom is -0.489 e. The Hall–Kier alpha value is -4.12. The zero-order valence-electron chi connectivity index (χ0n) is 22.2. The highest BCUT2D eigenvalue weighted by molar-refractivity contribution is 5.80. The van der Waals surface area contributed by atoms with Crippen molar-refractivity contribution >= 4 is 11.5 Å². The lowest BCUT2D eigenvalue weighted by Crippen LogP contribution is -2.36. The first-order valence-corrected chi connectivity index (χ1v) is 12.9. The van der Waals surface area contributed by atoms with Gasteiger partial charge in [-0.1, -0.05) is 36.1 Å². The van der Waals surface area contributed by atoms with Gasteiger partial charge < -0.3 is 19.3 Å². The Labute approximate surface area is 228 Å². The molecule has 0 radical (unpaired) electrons. The molecule has 7 heteroatoms. The van der Waals surface area contributed by atoms with Crippen molar-refractivity contribution < 1.29 is 28.5 Å². The first-order chi connectivity index (χ1) is 18.9. The molecule has 0 spiro atoms. The molecule has 1 aliphatic rings. The molecule has 1 fully saturated rings. The molecule has 39 heavy (non-hydrogen) atoms. The van der Waals surface area contributed by atoms with Gasteiger partial charge in [0.05, 0.1) is 19.8 Å². The number of hydrogen-bond acceptors (Lipinski definition) is 5. The van der Waals surface area contributed by atoms with Crippen molar-refractivity contribution in [2.24, 2.45) is 0 Å². The third kappa shape index (κ3) is 8.18. The lowest BCUT2D eigenvalue weighted by molar-refractivity contribution is -0.144. The zero-order chi connectivity index (χ0) is 27.6. The Morgan fingerprint density at radius 3 is 2.38 bits per heavy atom. The summed E-state index contributed by atoms with van der Waals surface area (Å²) >= 11 is 0. The third-order valence-corrected chi connectivity index (χ3v) is 6.33. The second kappa shape index (κ2) is 13.6. The molecular weight excluding hydrogens is 497 g/mol. The van der Waals surface area contributed by atoms with Crippen LogP contribution in [-0.2, 0) is 9.53 Å². The van der Waals surface area contributed by atoms with Crippen molar-refractivity contribution in [2.45, 2.75) is 20.0 Å². The fourth-order valence-corrected chi connectivity index (χ4v) is 4.08. The second-order valence-corrected chi connectivity index (χ2v) is 9.23. The van der Waals surface area contributed by atoms with E-state index in [-0.39, 0.29) is 12.4 Å².